The highest BCUT2D eigenvalue weighted by atomic mass is 16.2. The number of carbonyl (C=O) groups excluding carboxylic acids is 2. The molecule has 1 aromatic carbocycles. The Kier molecular flexibility index (Phi) is 4.64. The van der Waals surface area contributed by atoms with Gasteiger partial charge in [-0.1, -0.05) is 5.21 Å². The molecule has 0 saturated carbocycles. The van der Waals surface area contributed by atoms with E-state index in [-0.39, 0.29) is 17.5 Å². The Hall–Kier alpha value is -3.49. The quantitative estimate of drug-likeness (QED) is 0.745. The van der Waals surface area contributed by atoms with E-state index in [4.69, 9.17) is 0 Å². The van der Waals surface area contributed by atoms with Crippen LogP contribution in [0.15, 0.2) is 36.5 Å². The molecule has 0 aliphatic carbocycles. The van der Waals surface area contributed by atoms with Crippen LogP contribution in [0.3, 0.4) is 0 Å². The van der Waals surface area contributed by atoms with Gasteiger partial charge in [0.15, 0.2) is 11.5 Å². The van der Waals surface area contributed by atoms with E-state index in [2.05, 4.69) is 20.7 Å². The minimum atomic E-state index is -0.363. The highest BCUT2D eigenvalue weighted by molar-refractivity contribution is 6.04. The summed E-state index contributed by atoms with van der Waals surface area (Å²) in [6, 6.07) is 8.70. The zero-order chi connectivity index (χ0) is 19.7. The Labute approximate surface area is 161 Å². The average Bonchev–Trinajstić information content (AvgIpc) is 3.43. The molecule has 0 radical (unpaired) electrons. The number of carbonyl (C=O) groups is 2. The third kappa shape index (κ3) is 3.38. The van der Waals surface area contributed by atoms with E-state index in [1.165, 1.54) is 4.68 Å². The van der Waals surface area contributed by atoms with Crippen LogP contribution in [-0.2, 0) is 7.05 Å². The number of rotatable bonds is 4. The molecular formula is C19H21N7O2. The van der Waals surface area contributed by atoms with Gasteiger partial charge in [-0.3, -0.25) is 14.3 Å². The van der Waals surface area contributed by atoms with Gasteiger partial charge in [0, 0.05) is 43.7 Å². The molecule has 9 nitrogen and oxygen atoms in total. The summed E-state index contributed by atoms with van der Waals surface area (Å²) in [7, 11) is 1.81. The SMILES string of the molecule is Cc1c(C(=O)Nc2ccc(C(=O)N3CCCC3)cc2)nnn1-c1ccn(C)n1. The molecule has 1 saturated heterocycles. The van der Waals surface area contributed by atoms with Crippen molar-refractivity contribution in [2.75, 3.05) is 18.4 Å². The van der Waals surface area contributed by atoms with Crippen molar-refractivity contribution in [2.24, 2.45) is 7.05 Å². The number of amides is 2. The van der Waals surface area contributed by atoms with Crippen LogP contribution in [-0.4, -0.2) is 54.6 Å². The number of aryl methyl sites for hydroxylation is 1. The average molecular weight is 379 g/mol. The normalized spacial score (nSPS) is 13.7. The van der Waals surface area contributed by atoms with Gasteiger partial charge in [-0.25, -0.2) is 0 Å². The van der Waals surface area contributed by atoms with Gasteiger partial charge in [0.25, 0.3) is 11.8 Å². The first-order valence-corrected chi connectivity index (χ1v) is 9.16. The zero-order valence-electron chi connectivity index (χ0n) is 15.8. The second-order valence-electron chi connectivity index (χ2n) is 6.81. The molecule has 3 aromatic rings. The van der Waals surface area contributed by atoms with Crippen LogP contribution in [0.25, 0.3) is 5.82 Å². The van der Waals surface area contributed by atoms with Crippen molar-refractivity contribution < 1.29 is 9.59 Å². The number of likely N-dealkylation sites (tertiary alicyclic amines) is 1. The van der Waals surface area contributed by atoms with E-state index in [1.807, 2.05) is 11.9 Å². The lowest BCUT2D eigenvalue weighted by molar-refractivity contribution is 0.0792. The molecule has 2 amide bonds. The first-order valence-electron chi connectivity index (χ1n) is 9.16. The first-order chi connectivity index (χ1) is 13.5. The third-order valence-corrected chi connectivity index (χ3v) is 4.81. The monoisotopic (exact) mass is 379 g/mol. The lowest BCUT2D eigenvalue weighted by Gasteiger charge is -2.15. The molecule has 144 valence electrons. The fourth-order valence-corrected chi connectivity index (χ4v) is 3.26. The summed E-state index contributed by atoms with van der Waals surface area (Å²) >= 11 is 0. The third-order valence-electron chi connectivity index (χ3n) is 4.81. The molecule has 28 heavy (non-hydrogen) atoms. The predicted molar refractivity (Wildman–Crippen MR) is 102 cm³/mol. The number of hydrogen-bond acceptors (Lipinski definition) is 5. The Bertz CT molecular complexity index is 1010. The maximum Gasteiger partial charge on any atom is 0.278 e. The fourth-order valence-electron chi connectivity index (χ4n) is 3.26. The Morgan fingerprint density at radius 1 is 1.07 bits per heavy atom. The van der Waals surface area contributed by atoms with E-state index < -0.39 is 0 Å². The lowest BCUT2D eigenvalue weighted by atomic mass is 10.2. The summed E-state index contributed by atoms with van der Waals surface area (Å²) in [6.07, 6.45) is 3.90. The second kappa shape index (κ2) is 7.26. The summed E-state index contributed by atoms with van der Waals surface area (Å²) in [5.41, 5.74) is 2.03. The highest BCUT2D eigenvalue weighted by Crippen LogP contribution is 2.17. The molecule has 1 fully saturated rings. The van der Waals surface area contributed by atoms with Gasteiger partial charge in [-0.2, -0.15) is 9.78 Å². The van der Waals surface area contributed by atoms with Gasteiger partial charge < -0.3 is 10.2 Å². The number of hydrogen-bond donors (Lipinski definition) is 1. The van der Waals surface area contributed by atoms with Crippen molar-refractivity contribution >= 4 is 17.5 Å². The highest BCUT2D eigenvalue weighted by Gasteiger charge is 2.20. The molecule has 1 aliphatic rings. The molecule has 0 atom stereocenters. The molecule has 2 aromatic heterocycles. The second-order valence-corrected chi connectivity index (χ2v) is 6.81. The molecule has 4 rings (SSSR count). The van der Waals surface area contributed by atoms with Crippen molar-refractivity contribution in [3.8, 4) is 5.82 Å². The van der Waals surface area contributed by atoms with Gasteiger partial charge in [0.2, 0.25) is 0 Å². The number of nitrogens with one attached hydrogen (secondary N) is 1. The van der Waals surface area contributed by atoms with Crippen LogP contribution in [0.4, 0.5) is 5.69 Å². The van der Waals surface area contributed by atoms with Gasteiger partial charge in [0.05, 0.1) is 5.69 Å². The minimum Gasteiger partial charge on any atom is -0.339 e. The molecule has 1 N–H and O–H groups in total. The molecule has 0 bridgehead atoms. The smallest absolute Gasteiger partial charge is 0.278 e. The van der Waals surface area contributed by atoms with E-state index in [1.54, 1.807) is 48.1 Å². The van der Waals surface area contributed by atoms with Gasteiger partial charge in [-0.15, -0.1) is 5.10 Å². The number of nitrogens with zero attached hydrogens (tertiary/aromatic N) is 6. The van der Waals surface area contributed by atoms with Gasteiger partial charge in [-0.05, 0) is 44.0 Å². The molecule has 1 aliphatic heterocycles. The van der Waals surface area contributed by atoms with E-state index >= 15 is 0 Å². The zero-order valence-corrected chi connectivity index (χ0v) is 15.8. The number of anilines is 1. The van der Waals surface area contributed by atoms with Crippen LogP contribution in [0.1, 0.15) is 39.4 Å². The molecular weight excluding hydrogens is 358 g/mol. The minimum absolute atomic E-state index is 0.0320. The van der Waals surface area contributed by atoms with Crippen LogP contribution in [0.5, 0.6) is 0 Å². The summed E-state index contributed by atoms with van der Waals surface area (Å²) in [5.74, 6) is 0.263. The maximum atomic E-state index is 12.6. The van der Waals surface area contributed by atoms with Crippen molar-refractivity contribution in [1.82, 2.24) is 29.7 Å². The Balaban J connectivity index is 1.46. The van der Waals surface area contributed by atoms with Crippen molar-refractivity contribution in [3.63, 3.8) is 0 Å². The molecule has 0 spiro atoms. The Morgan fingerprint density at radius 3 is 2.43 bits per heavy atom. The molecule has 0 unspecified atom stereocenters. The van der Waals surface area contributed by atoms with E-state index in [0.717, 1.165) is 25.9 Å². The van der Waals surface area contributed by atoms with Gasteiger partial charge in [0.1, 0.15) is 0 Å². The summed E-state index contributed by atoms with van der Waals surface area (Å²) < 4.78 is 3.17. The maximum absolute atomic E-state index is 12.6. The lowest BCUT2D eigenvalue weighted by Crippen LogP contribution is -2.27. The van der Waals surface area contributed by atoms with Crippen LogP contribution in [0.2, 0.25) is 0 Å². The number of benzene rings is 1. The van der Waals surface area contributed by atoms with E-state index in [9.17, 15) is 9.59 Å². The largest absolute Gasteiger partial charge is 0.339 e. The summed E-state index contributed by atoms with van der Waals surface area (Å²) in [5, 5.41) is 15.1. The predicted octanol–water partition coefficient (Wildman–Crippen LogP) is 1.80. The van der Waals surface area contributed by atoms with Crippen LogP contribution >= 0.6 is 0 Å². The summed E-state index contributed by atoms with van der Waals surface area (Å²) in [6.45, 7) is 3.38. The summed E-state index contributed by atoms with van der Waals surface area (Å²) in [4.78, 5) is 26.8. The molecule has 3 heterocycles. The van der Waals surface area contributed by atoms with Crippen LogP contribution in [0, 0.1) is 6.92 Å². The fraction of sp³-hybridized carbons (Fsp3) is 0.316. The van der Waals surface area contributed by atoms with Crippen molar-refractivity contribution in [2.45, 2.75) is 19.8 Å². The standard InChI is InChI=1S/C19H21N7O2/c1-13-17(21-23-26(13)16-9-12-24(2)22-16)18(27)20-15-7-5-14(6-8-15)19(28)25-10-3-4-11-25/h5-9,12H,3-4,10-11H2,1-2H3,(H,20,27). The first kappa shape index (κ1) is 17.9. The van der Waals surface area contributed by atoms with Crippen molar-refractivity contribution in [3.05, 3.63) is 53.5 Å². The topological polar surface area (TPSA) is 97.9 Å². The molecule has 9 heteroatoms. The van der Waals surface area contributed by atoms with Gasteiger partial charge >= 0.3 is 0 Å². The Morgan fingerprint density at radius 2 is 1.79 bits per heavy atom. The van der Waals surface area contributed by atoms with E-state index in [0.29, 0.717) is 22.8 Å². The number of aromatic nitrogens is 5. The van der Waals surface area contributed by atoms with Crippen LogP contribution < -0.4 is 5.32 Å². The van der Waals surface area contributed by atoms with Crippen molar-refractivity contribution in [1.29, 1.82) is 0 Å².